The molecule has 0 bridgehead atoms. The molecule has 0 saturated heterocycles. The Morgan fingerprint density at radius 1 is 1.00 bits per heavy atom. The molecule has 0 aromatic heterocycles. The molecule has 0 radical (unpaired) electrons. The highest BCUT2D eigenvalue weighted by Gasteiger charge is 2.51. The average molecular weight is 338 g/mol. The van der Waals surface area contributed by atoms with Crippen LogP contribution >= 0.6 is 0 Å². The third-order valence-corrected chi connectivity index (χ3v) is 4.62. The highest BCUT2D eigenvalue weighted by atomic mass is 16.3. The fourth-order valence-corrected chi connectivity index (χ4v) is 2.93. The first-order valence-electron chi connectivity index (χ1n) is 8.45. The van der Waals surface area contributed by atoms with Gasteiger partial charge in [0, 0.05) is 6.54 Å². The molecule has 2 amide bonds. The Balaban J connectivity index is 1.60. The van der Waals surface area contributed by atoms with Gasteiger partial charge in [-0.1, -0.05) is 60.7 Å². The molecule has 2 aromatic rings. The van der Waals surface area contributed by atoms with Gasteiger partial charge in [0.05, 0.1) is 12.0 Å². The lowest BCUT2D eigenvalue weighted by Crippen LogP contribution is -2.51. The van der Waals surface area contributed by atoms with Gasteiger partial charge in [-0.15, -0.1) is 0 Å². The second-order valence-electron chi connectivity index (χ2n) is 6.36. The van der Waals surface area contributed by atoms with Crippen molar-refractivity contribution in [2.45, 2.75) is 30.8 Å². The van der Waals surface area contributed by atoms with E-state index in [0.717, 1.165) is 24.0 Å². The van der Waals surface area contributed by atoms with Crippen LogP contribution in [0.25, 0.3) is 0 Å². The molecule has 5 nitrogen and oxygen atoms in total. The standard InChI is InChI=1S/C20H22N2O3/c23-14-17(18(24)21-13-15-7-3-1-4-8-15)22-19(25)20(11-12-20)16-9-5-2-6-10-16/h1-10,17,23H,11-14H2,(H,21,24)(H,22,25)/t17-/m0/s1. The smallest absolute Gasteiger partial charge is 0.245 e. The van der Waals surface area contributed by atoms with Crippen molar-refractivity contribution in [3.05, 3.63) is 71.8 Å². The Morgan fingerprint density at radius 3 is 2.16 bits per heavy atom. The third-order valence-electron chi connectivity index (χ3n) is 4.62. The van der Waals surface area contributed by atoms with E-state index in [2.05, 4.69) is 10.6 Å². The summed E-state index contributed by atoms with van der Waals surface area (Å²) in [5.41, 5.74) is 1.35. The first-order valence-corrected chi connectivity index (χ1v) is 8.45. The lowest BCUT2D eigenvalue weighted by molar-refractivity contribution is -0.131. The van der Waals surface area contributed by atoms with Crippen LogP contribution in [0.2, 0.25) is 0 Å². The largest absolute Gasteiger partial charge is 0.394 e. The number of carbonyl (C=O) groups is 2. The van der Waals surface area contributed by atoms with Crippen LogP contribution in [-0.4, -0.2) is 29.6 Å². The van der Waals surface area contributed by atoms with Crippen LogP contribution in [0.3, 0.4) is 0 Å². The molecule has 25 heavy (non-hydrogen) atoms. The maximum absolute atomic E-state index is 12.7. The van der Waals surface area contributed by atoms with Crippen molar-refractivity contribution in [1.29, 1.82) is 0 Å². The van der Waals surface area contributed by atoms with Crippen LogP contribution in [0.5, 0.6) is 0 Å². The second kappa shape index (κ2) is 7.49. The van der Waals surface area contributed by atoms with Gasteiger partial charge >= 0.3 is 0 Å². The number of aliphatic hydroxyl groups excluding tert-OH is 1. The van der Waals surface area contributed by atoms with Gasteiger partial charge in [0.1, 0.15) is 6.04 Å². The predicted molar refractivity (Wildman–Crippen MR) is 94.7 cm³/mol. The summed E-state index contributed by atoms with van der Waals surface area (Å²) in [7, 11) is 0. The minimum absolute atomic E-state index is 0.201. The molecule has 1 aliphatic rings. The van der Waals surface area contributed by atoms with E-state index in [1.807, 2.05) is 60.7 Å². The van der Waals surface area contributed by atoms with E-state index in [0.29, 0.717) is 6.54 Å². The number of rotatable bonds is 7. The number of amides is 2. The highest BCUT2D eigenvalue weighted by Crippen LogP contribution is 2.48. The molecule has 1 atom stereocenters. The predicted octanol–water partition coefficient (Wildman–Crippen LogP) is 1.51. The van der Waals surface area contributed by atoms with Crippen LogP contribution in [-0.2, 0) is 21.5 Å². The zero-order valence-corrected chi connectivity index (χ0v) is 13.9. The number of hydrogen-bond donors (Lipinski definition) is 3. The first kappa shape index (κ1) is 17.2. The lowest BCUT2D eigenvalue weighted by atomic mass is 9.94. The van der Waals surface area contributed by atoms with Crippen LogP contribution in [0, 0.1) is 0 Å². The summed E-state index contributed by atoms with van der Waals surface area (Å²) in [5, 5.41) is 15.0. The SMILES string of the molecule is O=C(NCc1ccccc1)[C@H](CO)NC(=O)C1(c2ccccc2)CC1. The minimum atomic E-state index is -0.947. The first-order chi connectivity index (χ1) is 12.2. The van der Waals surface area contributed by atoms with Gasteiger partial charge in [-0.05, 0) is 24.0 Å². The Morgan fingerprint density at radius 2 is 1.60 bits per heavy atom. The maximum Gasteiger partial charge on any atom is 0.245 e. The number of aliphatic hydroxyl groups is 1. The molecule has 1 saturated carbocycles. The molecular weight excluding hydrogens is 316 g/mol. The Bertz CT molecular complexity index is 727. The van der Waals surface area contributed by atoms with Crippen molar-refractivity contribution in [2.24, 2.45) is 0 Å². The molecule has 130 valence electrons. The van der Waals surface area contributed by atoms with E-state index in [-0.39, 0.29) is 11.8 Å². The van der Waals surface area contributed by atoms with Crippen LogP contribution in [0.1, 0.15) is 24.0 Å². The Labute approximate surface area is 147 Å². The van der Waals surface area contributed by atoms with E-state index in [1.54, 1.807) is 0 Å². The van der Waals surface area contributed by atoms with Gasteiger partial charge in [0.25, 0.3) is 0 Å². The second-order valence-corrected chi connectivity index (χ2v) is 6.36. The fraction of sp³-hybridized carbons (Fsp3) is 0.300. The van der Waals surface area contributed by atoms with Gasteiger partial charge in [-0.25, -0.2) is 0 Å². The molecule has 0 heterocycles. The molecule has 1 aliphatic carbocycles. The minimum Gasteiger partial charge on any atom is -0.394 e. The number of hydrogen-bond acceptors (Lipinski definition) is 3. The zero-order chi connectivity index (χ0) is 17.7. The molecule has 5 heteroatoms. The molecular formula is C20H22N2O3. The van der Waals surface area contributed by atoms with E-state index in [9.17, 15) is 14.7 Å². The monoisotopic (exact) mass is 338 g/mol. The molecule has 3 N–H and O–H groups in total. The van der Waals surface area contributed by atoms with E-state index >= 15 is 0 Å². The van der Waals surface area contributed by atoms with Crippen molar-refractivity contribution in [3.8, 4) is 0 Å². The van der Waals surface area contributed by atoms with Gasteiger partial charge in [-0.2, -0.15) is 0 Å². The Hall–Kier alpha value is -2.66. The number of benzene rings is 2. The topological polar surface area (TPSA) is 78.4 Å². The normalized spacial score (nSPS) is 15.9. The maximum atomic E-state index is 12.7. The van der Waals surface area contributed by atoms with Crippen molar-refractivity contribution >= 4 is 11.8 Å². The van der Waals surface area contributed by atoms with Crippen molar-refractivity contribution in [2.75, 3.05) is 6.61 Å². The molecule has 0 aliphatic heterocycles. The fourth-order valence-electron chi connectivity index (χ4n) is 2.93. The quantitative estimate of drug-likeness (QED) is 0.716. The average Bonchev–Trinajstić information content (AvgIpc) is 3.47. The van der Waals surface area contributed by atoms with Crippen molar-refractivity contribution < 1.29 is 14.7 Å². The van der Waals surface area contributed by atoms with Crippen LogP contribution < -0.4 is 10.6 Å². The van der Waals surface area contributed by atoms with Gasteiger partial charge in [0.2, 0.25) is 11.8 Å². The number of carbonyl (C=O) groups excluding carboxylic acids is 2. The summed E-state index contributed by atoms with van der Waals surface area (Å²) >= 11 is 0. The summed E-state index contributed by atoms with van der Waals surface area (Å²) in [5.74, 6) is -0.587. The summed E-state index contributed by atoms with van der Waals surface area (Å²) in [6.07, 6.45) is 1.51. The van der Waals surface area contributed by atoms with Gasteiger partial charge in [-0.3, -0.25) is 9.59 Å². The van der Waals surface area contributed by atoms with Gasteiger partial charge in [0.15, 0.2) is 0 Å². The molecule has 2 aromatic carbocycles. The van der Waals surface area contributed by atoms with Crippen molar-refractivity contribution in [3.63, 3.8) is 0 Å². The highest BCUT2D eigenvalue weighted by molar-refractivity contribution is 5.95. The summed E-state index contributed by atoms with van der Waals surface area (Å²) in [6, 6.07) is 18.1. The number of nitrogens with one attached hydrogen (secondary N) is 2. The molecule has 1 fully saturated rings. The third kappa shape index (κ3) is 3.88. The van der Waals surface area contributed by atoms with Crippen molar-refractivity contribution in [1.82, 2.24) is 10.6 Å². The van der Waals surface area contributed by atoms with Crippen LogP contribution in [0.4, 0.5) is 0 Å². The van der Waals surface area contributed by atoms with E-state index in [4.69, 9.17) is 0 Å². The molecule has 3 rings (SSSR count). The summed E-state index contributed by atoms with van der Waals surface area (Å²) in [6.45, 7) is -0.0763. The summed E-state index contributed by atoms with van der Waals surface area (Å²) in [4.78, 5) is 25.0. The summed E-state index contributed by atoms with van der Waals surface area (Å²) < 4.78 is 0. The van der Waals surface area contributed by atoms with E-state index in [1.165, 1.54) is 0 Å². The molecule has 0 unspecified atom stereocenters. The lowest BCUT2D eigenvalue weighted by Gasteiger charge is -2.21. The van der Waals surface area contributed by atoms with Gasteiger partial charge < -0.3 is 15.7 Å². The molecule has 0 spiro atoms. The van der Waals surface area contributed by atoms with Crippen LogP contribution in [0.15, 0.2) is 60.7 Å². The Kier molecular flexibility index (Phi) is 5.14. The van der Waals surface area contributed by atoms with E-state index < -0.39 is 18.1 Å². The zero-order valence-electron chi connectivity index (χ0n) is 13.9.